The number of aliphatic hydroxyl groups excluding tert-OH is 1. The first-order valence-corrected chi connectivity index (χ1v) is 6.09. The van der Waals surface area contributed by atoms with Crippen LogP contribution in [0.25, 0.3) is 0 Å². The van der Waals surface area contributed by atoms with Crippen LogP contribution < -0.4 is 0 Å². The first-order chi connectivity index (χ1) is 6.86. The molecule has 82 valence electrons. The minimum Gasteiger partial charge on any atom is -0.394 e. The molecule has 0 aromatic carbocycles. The Bertz CT molecular complexity index is 177. The van der Waals surface area contributed by atoms with Gasteiger partial charge in [-0.2, -0.15) is 0 Å². The molecule has 3 atom stereocenters. The number of aliphatic hydroxyl groups is 1. The Morgan fingerprint density at radius 2 is 2.07 bits per heavy atom. The fourth-order valence-electron chi connectivity index (χ4n) is 3.00. The summed E-state index contributed by atoms with van der Waals surface area (Å²) in [5, 5.41) is 9.28. The van der Waals surface area contributed by atoms with Crippen molar-refractivity contribution in [2.45, 2.75) is 45.1 Å². The van der Waals surface area contributed by atoms with Crippen LogP contribution >= 0.6 is 0 Å². The van der Waals surface area contributed by atoms with Crippen molar-refractivity contribution in [1.29, 1.82) is 0 Å². The van der Waals surface area contributed by atoms with Gasteiger partial charge in [-0.25, -0.2) is 0 Å². The van der Waals surface area contributed by atoms with Crippen LogP contribution in [0.3, 0.4) is 0 Å². The van der Waals surface area contributed by atoms with Crippen LogP contribution in [0, 0.1) is 17.8 Å². The lowest BCUT2D eigenvalue weighted by atomic mass is 9.78. The summed E-state index contributed by atoms with van der Waals surface area (Å²) in [6.07, 6.45) is 6.65. The van der Waals surface area contributed by atoms with Crippen molar-refractivity contribution >= 4 is 0 Å². The van der Waals surface area contributed by atoms with E-state index in [-0.39, 0.29) is 12.7 Å². The maximum Gasteiger partial charge on any atom is 0.0836 e. The van der Waals surface area contributed by atoms with Crippen molar-refractivity contribution in [2.24, 2.45) is 17.8 Å². The molecule has 1 saturated heterocycles. The van der Waals surface area contributed by atoms with Gasteiger partial charge in [-0.1, -0.05) is 13.3 Å². The van der Waals surface area contributed by atoms with E-state index in [1.807, 2.05) is 0 Å². The summed E-state index contributed by atoms with van der Waals surface area (Å²) >= 11 is 0. The maximum atomic E-state index is 9.28. The number of ether oxygens (including phenoxy) is 1. The average molecular weight is 198 g/mol. The van der Waals surface area contributed by atoms with E-state index in [2.05, 4.69) is 6.92 Å². The molecule has 1 heterocycles. The summed E-state index contributed by atoms with van der Waals surface area (Å²) in [5.41, 5.74) is 0. The molecule has 1 aliphatic heterocycles. The van der Waals surface area contributed by atoms with Gasteiger partial charge in [0.05, 0.1) is 12.7 Å². The van der Waals surface area contributed by atoms with Gasteiger partial charge in [0.25, 0.3) is 0 Å². The zero-order valence-electron chi connectivity index (χ0n) is 9.11. The number of hydrogen-bond acceptors (Lipinski definition) is 2. The van der Waals surface area contributed by atoms with E-state index < -0.39 is 0 Å². The van der Waals surface area contributed by atoms with E-state index in [0.29, 0.717) is 5.92 Å². The second kappa shape index (κ2) is 4.63. The van der Waals surface area contributed by atoms with E-state index in [0.717, 1.165) is 18.4 Å². The van der Waals surface area contributed by atoms with Crippen molar-refractivity contribution in [1.82, 2.24) is 0 Å². The molecule has 0 amide bonds. The van der Waals surface area contributed by atoms with Crippen LogP contribution in [-0.4, -0.2) is 24.4 Å². The monoisotopic (exact) mass is 198 g/mol. The van der Waals surface area contributed by atoms with Gasteiger partial charge in [0.1, 0.15) is 0 Å². The molecule has 0 aromatic rings. The maximum absolute atomic E-state index is 9.28. The minimum atomic E-state index is 0.134. The lowest BCUT2D eigenvalue weighted by Crippen LogP contribution is -2.39. The van der Waals surface area contributed by atoms with Crippen LogP contribution in [0.4, 0.5) is 0 Å². The molecule has 1 saturated carbocycles. The minimum absolute atomic E-state index is 0.134. The molecule has 1 N–H and O–H groups in total. The summed E-state index contributed by atoms with van der Waals surface area (Å²) in [4.78, 5) is 0. The van der Waals surface area contributed by atoms with E-state index in [9.17, 15) is 5.11 Å². The van der Waals surface area contributed by atoms with Gasteiger partial charge >= 0.3 is 0 Å². The SMILES string of the molecule is CCCC1C(CO)OCCC1C1CC1. The zero-order chi connectivity index (χ0) is 9.97. The van der Waals surface area contributed by atoms with Gasteiger partial charge in [-0.3, -0.25) is 0 Å². The molecule has 0 bridgehead atoms. The Hall–Kier alpha value is -0.0800. The summed E-state index contributed by atoms with van der Waals surface area (Å²) < 4.78 is 5.65. The van der Waals surface area contributed by atoms with Gasteiger partial charge in [-0.05, 0) is 43.4 Å². The summed E-state index contributed by atoms with van der Waals surface area (Å²) in [6, 6.07) is 0. The highest BCUT2D eigenvalue weighted by molar-refractivity contribution is 4.90. The van der Waals surface area contributed by atoms with Crippen molar-refractivity contribution in [3.63, 3.8) is 0 Å². The predicted octanol–water partition coefficient (Wildman–Crippen LogP) is 2.21. The van der Waals surface area contributed by atoms with Gasteiger partial charge in [0.15, 0.2) is 0 Å². The topological polar surface area (TPSA) is 29.5 Å². The molecular weight excluding hydrogens is 176 g/mol. The molecule has 2 rings (SSSR count). The second-order valence-corrected chi connectivity index (χ2v) is 4.83. The van der Waals surface area contributed by atoms with Crippen LogP contribution in [-0.2, 0) is 4.74 Å². The van der Waals surface area contributed by atoms with Crippen LogP contribution in [0.5, 0.6) is 0 Å². The molecule has 2 fully saturated rings. The number of rotatable bonds is 4. The highest BCUT2D eigenvalue weighted by Crippen LogP contribution is 2.46. The molecule has 0 spiro atoms. The third kappa shape index (κ3) is 2.12. The molecule has 0 radical (unpaired) electrons. The Balaban J connectivity index is 1.97. The quantitative estimate of drug-likeness (QED) is 0.750. The smallest absolute Gasteiger partial charge is 0.0836 e. The normalized spacial score (nSPS) is 38.6. The van der Waals surface area contributed by atoms with Crippen LogP contribution in [0.2, 0.25) is 0 Å². The Morgan fingerprint density at radius 1 is 1.29 bits per heavy atom. The molecule has 1 aliphatic carbocycles. The first kappa shape index (κ1) is 10.4. The molecule has 2 aliphatic rings. The van der Waals surface area contributed by atoms with E-state index >= 15 is 0 Å². The van der Waals surface area contributed by atoms with Gasteiger partial charge in [-0.15, -0.1) is 0 Å². The fourth-order valence-corrected chi connectivity index (χ4v) is 3.00. The fraction of sp³-hybridized carbons (Fsp3) is 1.00. The van der Waals surface area contributed by atoms with Gasteiger partial charge in [0.2, 0.25) is 0 Å². The molecule has 2 nitrogen and oxygen atoms in total. The highest BCUT2D eigenvalue weighted by Gasteiger charge is 2.41. The van der Waals surface area contributed by atoms with Crippen molar-refractivity contribution in [3.8, 4) is 0 Å². The lowest BCUT2D eigenvalue weighted by molar-refractivity contribution is -0.0879. The summed E-state index contributed by atoms with van der Waals surface area (Å²) in [5.74, 6) is 2.44. The average Bonchev–Trinajstić information content (AvgIpc) is 3.02. The van der Waals surface area contributed by atoms with Gasteiger partial charge in [0, 0.05) is 6.61 Å². The molecular formula is C12H22O2. The summed E-state index contributed by atoms with van der Waals surface area (Å²) in [6.45, 7) is 3.31. The third-order valence-electron chi connectivity index (χ3n) is 3.84. The zero-order valence-corrected chi connectivity index (χ0v) is 9.11. The second-order valence-electron chi connectivity index (χ2n) is 4.83. The van der Waals surface area contributed by atoms with Crippen molar-refractivity contribution in [3.05, 3.63) is 0 Å². The molecule has 2 heteroatoms. The van der Waals surface area contributed by atoms with Crippen LogP contribution in [0.15, 0.2) is 0 Å². The lowest BCUT2D eigenvalue weighted by Gasteiger charge is -2.37. The van der Waals surface area contributed by atoms with Crippen molar-refractivity contribution < 1.29 is 9.84 Å². The molecule has 0 aromatic heterocycles. The predicted molar refractivity (Wildman–Crippen MR) is 56.1 cm³/mol. The van der Waals surface area contributed by atoms with Gasteiger partial charge < -0.3 is 9.84 Å². The molecule has 3 unspecified atom stereocenters. The Kier molecular flexibility index (Phi) is 3.45. The van der Waals surface area contributed by atoms with Crippen LogP contribution in [0.1, 0.15) is 39.0 Å². The van der Waals surface area contributed by atoms with E-state index in [1.54, 1.807) is 0 Å². The van der Waals surface area contributed by atoms with E-state index in [1.165, 1.54) is 32.1 Å². The first-order valence-electron chi connectivity index (χ1n) is 6.09. The largest absolute Gasteiger partial charge is 0.394 e. The summed E-state index contributed by atoms with van der Waals surface area (Å²) in [7, 11) is 0. The highest BCUT2D eigenvalue weighted by atomic mass is 16.5. The van der Waals surface area contributed by atoms with E-state index in [4.69, 9.17) is 4.74 Å². The third-order valence-corrected chi connectivity index (χ3v) is 3.84. The number of hydrogen-bond donors (Lipinski definition) is 1. The Morgan fingerprint density at radius 3 is 2.64 bits per heavy atom. The Labute approximate surface area is 86.6 Å². The standard InChI is InChI=1S/C12H22O2/c1-2-3-11-10(9-4-5-9)6-7-14-12(11)8-13/h9-13H,2-8H2,1H3. The molecule has 14 heavy (non-hydrogen) atoms. The van der Waals surface area contributed by atoms with Crippen molar-refractivity contribution in [2.75, 3.05) is 13.2 Å².